The third kappa shape index (κ3) is 4.75. The minimum Gasteiger partial charge on any atom is -0.337 e. The van der Waals surface area contributed by atoms with Gasteiger partial charge in [0.25, 0.3) is 0 Å². The molecule has 0 unspecified atom stereocenters. The minimum absolute atomic E-state index is 0.223. The molecular weight excluding hydrogens is 238 g/mol. The molecule has 0 atom stereocenters. The number of urea groups is 1. The molecule has 1 aromatic rings. The Morgan fingerprint density at radius 3 is 2.93 bits per heavy atom. The lowest BCUT2D eigenvalue weighted by Gasteiger charge is -2.03. The van der Waals surface area contributed by atoms with Gasteiger partial charge in [0.15, 0.2) is 0 Å². The van der Waals surface area contributed by atoms with Crippen molar-refractivity contribution in [1.29, 1.82) is 0 Å². The maximum absolute atomic E-state index is 11.0. The Morgan fingerprint density at radius 1 is 1.53 bits per heavy atom. The fourth-order valence-corrected chi connectivity index (χ4v) is 1.53. The topological polar surface area (TPSA) is 71.1 Å². The van der Waals surface area contributed by atoms with E-state index in [1.54, 1.807) is 5.51 Å². The third-order valence-corrected chi connectivity index (χ3v) is 2.40. The summed E-state index contributed by atoms with van der Waals surface area (Å²) in [7, 11) is 0. The van der Waals surface area contributed by atoms with Crippen molar-refractivity contribution in [2.24, 2.45) is 0 Å². The minimum atomic E-state index is -0.532. The van der Waals surface area contributed by atoms with Crippen molar-refractivity contribution in [2.45, 2.75) is 6.42 Å². The Morgan fingerprint density at radius 2 is 2.33 bits per heavy atom. The van der Waals surface area contributed by atoms with E-state index in [1.807, 2.05) is 5.38 Å². The standard InChI is InChI=1S/C8H10ClN3O2S/c9-3-7(13)12-8(14)10-2-1-6-4-15-5-11-6/h4-5H,1-3H2,(H2,10,12,13,14). The van der Waals surface area contributed by atoms with Gasteiger partial charge in [0.1, 0.15) is 5.88 Å². The normalized spacial score (nSPS) is 9.67. The Kier molecular flexibility index (Phi) is 5.06. The molecule has 3 amide bonds. The zero-order valence-corrected chi connectivity index (χ0v) is 9.40. The Hall–Kier alpha value is -1.14. The summed E-state index contributed by atoms with van der Waals surface area (Å²) >= 11 is 6.71. The number of hydrogen-bond donors (Lipinski definition) is 2. The number of carbonyl (C=O) groups excluding carboxylic acids is 2. The first kappa shape index (κ1) is 11.9. The molecular formula is C8H10ClN3O2S. The highest BCUT2D eigenvalue weighted by Gasteiger charge is 2.05. The molecule has 0 aliphatic heterocycles. The monoisotopic (exact) mass is 247 g/mol. The summed E-state index contributed by atoms with van der Waals surface area (Å²) in [5, 5.41) is 6.50. The number of alkyl halides is 1. The van der Waals surface area contributed by atoms with Crippen LogP contribution in [0.5, 0.6) is 0 Å². The van der Waals surface area contributed by atoms with Crippen molar-refractivity contribution < 1.29 is 9.59 Å². The molecule has 15 heavy (non-hydrogen) atoms. The van der Waals surface area contributed by atoms with Crippen LogP contribution in [0.25, 0.3) is 0 Å². The number of amides is 3. The second-order valence-corrected chi connectivity index (χ2v) is 3.65. The van der Waals surface area contributed by atoms with Crippen LogP contribution in [-0.2, 0) is 11.2 Å². The smallest absolute Gasteiger partial charge is 0.321 e. The number of imide groups is 1. The number of halogens is 1. The van der Waals surface area contributed by atoms with Crippen molar-refractivity contribution >= 4 is 34.9 Å². The summed E-state index contributed by atoms with van der Waals surface area (Å²) in [5.74, 6) is -0.734. The van der Waals surface area contributed by atoms with Gasteiger partial charge in [0.2, 0.25) is 5.91 Å². The molecule has 0 bridgehead atoms. The van der Waals surface area contributed by atoms with Gasteiger partial charge in [-0.05, 0) is 0 Å². The lowest BCUT2D eigenvalue weighted by atomic mass is 10.3. The lowest BCUT2D eigenvalue weighted by molar-refractivity contribution is -0.117. The third-order valence-electron chi connectivity index (χ3n) is 1.52. The average molecular weight is 248 g/mol. The molecule has 0 fully saturated rings. The van der Waals surface area contributed by atoms with Gasteiger partial charge in [-0.15, -0.1) is 22.9 Å². The molecule has 0 aliphatic rings. The summed E-state index contributed by atoms with van der Waals surface area (Å²) in [6.07, 6.45) is 0.645. The van der Waals surface area contributed by atoms with Crippen LogP contribution >= 0.6 is 22.9 Å². The van der Waals surface area contributed by atoms with Crippen LogP contribution in [0.2, 0.25) is 0 Å². The molecule has 0 aromatic carbocycles. The summed E-state index contributed by atoms with van der Waals surface area (Å²) < 4.78 is 0. The molecule has 1 rings (SSSR count). The summed E-state index contributed by atoms with van der Waals surface area (Å²) in [6.45, 7) is 0.436. The van der Waals surface area contributed by atoms with Crippen molar-refractivity contribution in [1.82, 2.24) is 15.6 Å². The van der Waals surface area contributed by atoms with Gasteiger partial charge < -0.3 is 5.32 Å². The van der Waals surface area contributed by atoms with Crippen molar-refractivity contribution in [2.75, 3.05) is 12.4 Å². The highest BCUT2D eigenvalue weighted by Crippen LogP contribution is 2.00. The molecule has 0 aliphatic carbocycles. The van der Waals surface area contributed by atoms with Crippen molar-refractivity contribution in [3.05, 3.63) is 16.6 Å². The molecule has 2 N–H and O–H groups in total. The largest absolute Gasteiger partial charge is 0.337 e. The molecule has 5 nitrogen and oxygen atoms in total. The molecule has 82 valence electrons. The van der Waals surface area contributed by atoms with Crippen LogP contribution in [0.4, 0.5) is 4.79 Å². The SMILES string of the molecule is O=C(CCl)NC(=O)NCCc1cscn1. The molecule has 0 radical (unpaired) electrons. The first-order valence-electron chi connectivity index (χ1n) is 4.23. The van der Waals surface area contributed by atoms with Gasteiger partial charge in [-0.3, -0.25) is 10.1 Å². The zero-order valence-electron chi connectivity index (χ0n) is 7.83. The maximum atomic E-state index is 11.0. The number of thiazole rings is 1. The first-order chi connectivity index (χ1) is 7.22. The van der Waals surface area contributed by atoms with E-state index in [2.05, 4.69) is 15.6 Å². The zero-order chi connectivity index (χ0) is 11.1. The van der Waals surface area contributed by atoms with Gasteiger partial charge in [-0.2, -0.15) is 0 Å². The molecule has 7 heteroatoms. The number of rotatable bonds is 4. The lowest BCUT2D eigenvalue weighted by Crippen LogP contribution is -2.40. The molecule has 1 aromatic heterocycles. The van der Waals surface area contributed by atoms with Crippen LogP contribution in [0.3, 0.4) is 0 Å². The molecule has 0 saturated heterocycles. The van der Waals surface area contributed by atoms with Gasteiger partial charge in [0, 0.05) is 18.3 Å². The molecule has 0 spiro atoms. The van der Waals surface area contributed by atoms with E-state index < -0.39 is 11.9 Å². The maximum Gasteiger partial charge on any atom is 0.321 e. The van der Waals surface area contributed by atoms with E-state index >= 15 is 0 Å². The quantitative estimate of drug-likeness (QED) is 0.772. The van der Waals surface area contributed by atoms with E-state index in [-0.39, 0.29) is 5.88 Å². The number of nitrogens with zero attached hydrogens (tertiary/aromatic N) is 1. The highest BCUT2D eigenvalue weighted by atomic mass is 35.5. The van der Waals surface area contributed by atoms with Crippen molar-refractivity contribution in [3.63, 3.8) is 0 Å². The van der Waals surface area contributed by atoms with E-state index in [0.717, 1.165) is 5.69 Å². The van der Waals surface area contributed by atoms with E-state index in [4.69, 9.17) is 11.6 Å². The second-order valence-electron chi connectivity index (χ2n) is 2.67. The first-order valence-corrected chi connectivity index (χ1v) is 5.71. The van der Waals surface area contributed by atoms with Crippen LogP contribution in [0.1, 0.15) is 5.69 Å². The Bertz CT molecular complexity index is 329. The summed E-state index contributed by atoms with van der Waals surface area (Å²) in [6, 6.07) is -0.532. The van der Waals surface area contributed by atoms with E-state index in [9.17, 15) is 9.59 Å². The number of nitrogens with one attached hydrogen (secondary N) is 2. The summed E-state index contributed by atoms with van der Waals surface area (Å²) in [4.78, 5) is 25.8. The highest BCUT2D eigenvalue weighted by molar-refractivity contribution is 7.07. The molecule has 1 heterocycles. The fraction of sp³-hybridized carbons (Fsp3) is 0.375. The Balaban J connectivity index is 2.15. The predicted octanol–water partition coefficient (Wildman–Crippen LogP) is 0.750. The van der Waals surface area contributed by atoms with Crippen LogP contribution in [-0.4, -0.2) is 29.3 Å². The average Bonchev–Trinajstić information content (AvgIpc) is 2.70. The van der Waals surface area contributed by atoms with Gasteiger partial charge in [-0.25, -0.2) is 9.78 Å². The fourth-order valence-electron chi connectivity index (χ4n) is 0.869. The molecule has 0 saturated carbocycles. The number of carbonyl (C=O) groups is 2. The Labute approximate surface area is 95.8 Å². The van der Waals surface area contributed by atoms with Crippen LogP contribution in [0, 0.1) is 0 Å². The predicted molar refractivity (Wildman–Crippen MR) is 58.1 cm³/mol. The van der Waals surface area contributed by atoms with E-state index in [0.29, 0.717) is 13.0 Å². The number of aromatic nitrogens is 1. The van der Waals surface area contributed by atoms with Crippen LogP contribution < -0.4 is 10.6 Å². The van der Waals surface area contributed by atoms with Gasteiger partial charge in [0.05, 0.1) is 11.2 Å². The summed E-state index contributed by atoms with van der Waals surface area (Å²) in [5.41, 5.74) is 2.65. The van der Waals surface area contributed by atoms with E-state index in [1.165, 1.54) is 11.3 Å². The van der Waals surface area contributed by atoms with Gasteiger partial charge >= 0.3 is 6.03 Å². The number of hydrogen-bond acceptors (Lipinski definition) is 4. The van der Waals surface area contributed by atoms with Gasteiger partial charge in [-0.1, -0.05) is 0 Å². The van der Waals surface area contributed by atoms with Crippen LogP contribution in [0.15, 0.2) is 10.9 Å². The second kappa shape index (κ2) is 6.36. The van der Waals surface area contributed by atoms with Crippen molar-refractivity contribution in [3.8, 4) is 0 Å².